The quantitative estimate of drug-likeness (QED) is 0.478. The van der Waals surface area contributed by atoms with Crippen molar-refractivity contribution in [3.05, 3.63) is 33.6 Å². The smallest absolute Gasteiger partial charge is 0.206 e. The minimum atomic E-state index is -0.551. The van der Waals surface area contributed by atoms with E-state index in [9.17, 15) is 15.3 Å². The van der Waals surface area contributed by atoms with Gasteiger partial charge >= 0.3 is 0 Å². The van der Waals surface area contributed by atoms with E-state index in [2.05, 4.69) is 36.6 Å². The Labute approximate surface area is 162 Å². The first kappa shape index (κ1) is 19.4. The third-order valence-corrected chi connectivity index (χ3v) is 5.36. The molecule has 0 amide bonds. The van der Waals surface area contributed by atoms with Crippen LogP contribution in [-0.2, 0) is 5.41 Å². The Hall–Kier alpha value is -2.32. The van der Waals surface area contributed by atoms with Gasteiger partial charge in [-0.3, -0.25) is 4.99 Å². The van der Waals surface area contributed by atoms with Gasteiger partial charge in [0.05, 0.1) is 18.0 Å². The highest BCUT2D eigenvalue weighted by Gasteiger charge is 2.21. The Balaban J connectivity index is 2.03. The first-order valence-corrected chi connectivity index (χ1v) is 9.89. The Morgan fingerprint density at radius 1 is 1.15 bits per heavy atom. The van der Waals surface area contributed by atoms with E-state index < -0.39 is 11.5 Å². The predicted molar refractivity (Wildman–Crippen MR) is 107 cm³/mol. The van der Waals surface area contributed by atoms with Crippen molar-refractivity contribution in [1.82, 2.24) is 9.99 Å². The monoisotopic (exact) mass is 390 g/mol. The van der Waals surface area contributed by atoms with Crippen molar-refractivity contribution < 1.29 is 15.3 Å². The molecular weight excluding hydrogens is 364 g/mol. The van der Waals surface area contributed by atoms with Gasteiger partial charge in [0.1, 0.15) is 0 Å². The zero-order chi connectivity index (χ0) is 19.6. The van der Waals surface area contributed by atoms with E-state index in [-0.39, 0.29) is 17.2 Å². The fraction of sp³-hybridized carbons (Fsp3) is 0.474. The number of rotatable bonds is 3. The van der Waals surface area contributed by atoms with Crippen LogP contribution in [-0.4, -0.2) is 45.3 Å². The summed E-state index contributed by atoms with van der Waals surface area (Å²) < 4.78 is 1.80. The summed E-state index contributed by atoms with van der Waals surface area (Å²) in [6.07, 6.45) is 3.47. The summed E-state index contributed by atoms with van der Waals surface area (Å²) in [7, 11) is 0. The topological polar surface area (TPSA) is 102 Å². The second kappa shape index (κ2) is 7.74. The molecule has 27 heavy (non-hydrogen) atoms. The van der Waals surface area contributed by atoms with Crippen molar-refractivity contribution >= 4 is 17.6 Å². The number of thiazole rings is 1. The Morgan fingerprint density at radius 3 is 2.52 bits per heavy atom. The molecule has 0 aliphatic carbocycles. The number of hydrogen-bond acceptors (Lipinski definition) is 7. The van der Waals surface area contributed by atoms with Crippen LogP contribution in [0.3, 0.4) is 0 Å². The molecule has 7 nitrogen and oxygen atoms in total. The number of nitrogens with one attached hydrogen (secondary N) is 1. The van der Waals surface area contributed by atoms with E-state index in [0.29, 0.717) is 5.56 Å². The van der Waals surface area contributed by atoms with Gasteiger partial charge in [0.15, 0.2) is 11.5 Å². The van der Waals surface area contributed by atoms with Crippen LogP contribution in [0.2, 0.25) is 0 Å². The molecule has 2 heterocycles. The SMILES string of the molecule is CC(C)(C)c1csc(=NC2CCNCC2)n1N=Cc1ccc(O)c(O)c1O. The van der Waals surface area contributed by atoms with Crippen LogP contribution in [0.15, 0.2) is 27.6 Å². The minimum Gasteiger partial charge on any atom is -0.504 e. The molecule has 0 saturated carbocycles. The van der Waals surface area contributed by atoms with Gasteiger partial charge in [0, 0.05) is 16.4 Å². The van der Waals surface area contributed by atoms with Crippen molar-refractivity contribution in [2.45, 2.75) is 45.1 Å². The summed E-state index contributed by atoms with van der Waals surface area (Å²) in [4.78, 5) is 5.71. The fourth-order valence-corrected chi connectivity index (χ4v) is 4.03. The summed E-state index contributed by atoms with van der Waals surface area (Å²) in [5, 5.41) is 39.2. The van der Waals surface area contributed by atoms with E-state index in [1.807, 2.05) is 0 Å². The maximum atomic E-state index is 10.0. The second-order valence-electron chi connectivity index (χ2n) is 7.69. The third kappa shape index (κ3) is 4.33. The lowest BCUT2D eigenvalue weighted by molar-refractivity contribution is 0.367. The van der Waals surface area contributed by atoms with Gasteiger partial charge < -0.3 is 20.6 Å². The van der Waals surface area contributed by atoms with Crippen LogP contribution in [0.5, 0.6) is 17.2 Å². The normalized spacial score (nSPS) is 17.1. The minimum absolute atomic E-state index is 0.130. The molecule has 0 radical (unpaired) electrons. The maximum absolute atomic E-state index is 10.0. The van der Waals surface area contributed by atoms with Gasteiger partial charge in [-0.2, -0.15) is 5.10 Å². The van der Waals surface area contributed by atoms with Crippen LogP contribution in [0.4, 0.5) is 0 Å². The molecule has 0 unspecified atom stereocenters. The highest BCUT2D eigenvalue weighted by Crippen LogP contribution is 2.36. The molecule has 0 bridgehead atoms. The van der Waals surface area contributed by atoms with Crippen molar-refractivity contribution in [1.29, 1.82) is 0 Å². The van der Waals surface area contributed by atoms with Crippen LogP contribution in [0.1, 0.15) is 44.9 Å². The summed E-state index contributed by atoms with van der Waals surface area (Å²) in [6.45, 7) is 8.27. The number of piperidine rings is 1. The summed E-state index contributed by atoms with van der Waals surface area (Å²) in [5.74, 6) is -1.32. The van der Waals surface area contributed by atoms with E-state index in [4.69, 9.17) is 4.99 Å². The zero-order valence-electron chi connectivity index (χ0n) is 15.8. The van der Waals surface area contributed by atoms with E-state index in [1.54, 1.807) is 16.0 Å². The van der Waals surface area contributed by atoms with Crippen LogP contribution < -0.4 is 10.1 Å². The van der Waals surface area contributed by atoms with E-state index in [0.717, 1.165) is 36.4 Å². The second-order valence-corrected chi connectivity index (χ2v) is 8.53. The van der Waals surface area contributed by atoms with Crippen LogP contribution >= 0.6 is 11.3 Å². The number of aromatic nitrogens is 1. The molecule has 1 aliphatic rings. The highest BCUT2D eigenvalue weighted by atomic mass is 32.1. The molecule has 8 heteroatoms. The number of nitrogens with zero attached hydrogens (tertiary/aromatic N) is 3. The van der Waals surface area contributed by atoms with Gasteiger partial charge in [0.25, 0.3) is 0 Å². The molecule has 4 N–H and O–H groups in total. The van der Waals surface area contributed by atoms with E-state index in [1.165, 1.54) is 18.3 Å². The molecule has 1 saturated heterocycles. The zero-order valence-corrected chi connectivity index (χ0v) is 16.6. The van der Waals surface area contributed by atoms with Crippen LogP contribution in [0.25, 0.3) is 0 Å². The summed E-state index contributed by atoms with van der Waals surface area (Å²) >= 11 is 1.55. The molecule has 3 rings (SSSR count). The van der Waals surface area contributed by atoms with Crippen LogP contribution in [0, 0.1) is 0 Å². The predicted octanol–water partition coefficient (Wildman–Crippen LogP) is 2.50. The molecule has 1 aromatic carbocycles. The molecule has 2 aromatic rings. The molecule has 0 atom stereocenters. The lowest BCUT2D eigenvalue weighted by Gasteiger charge is -2.20. The lowest BCUT2D eigenvalue weighted by atomic mass is 9.93. The molecule has 1 fully saturated rings. The summed E-state index contributed by atoms with van der Waals surface area (Å²) in [5.41, 5.74) is 1.20. The maximum Gasteiger partial charge on any atom is 0.206 e. The molecule has 1 aromatic heterocycles. The first-order chi connectivity index (χ1) is 12.8. The summed E-state index contributed by atoms with van der Waals surface area (Å²) in [6, 6.07) is 3.09. The van der Waals surface area contributed by atoms with Gasteiger partial charge in [0.2, 0.25) is 10.6 Å². The number of phenolic OH excluding ortho intramolecular Hbond substituents is 3. The van der Waals surface area contributed by atoms with Gasteiger partial charge in [-0.05, 0) is 38.1 Å². The van der Waals surface area contributed by atoms with Crippen molar-refractivity contribution in [3.8, 4) is 17.2 Å². The first-order valence-electron chi connectivity index (χ1n) is 9.01. The average molecular weight is 391 g/mol. The van der Waals surface area contributed by atoms with E-state index >= 15 is 0 Å². The lowest BCUT2D eigenvalue weighted by Crippen LogP contribution is -2.32. The Kier molecular flexibility index (Phi) is 5.57. The van der Waals surface area contributed by atoms with Gasteiger partial charge in [-0.1, -0.05) is 20.8 Å². The van der Waals surface area contributed by atoms with Crippen molar-refractivity contribution in [2.24, 2.45) is 10.1 Å². The molecule has 0 spiro atoms. The molecule has 1 aliphatic heterocycles. The molecule has 146 valence electrons. The number of phenols is 3. The van der Waals surface area contributed by atoms with Crippen molar-refractivity contribution in [3.63, 3.8) is 0 Å². The highest BCUT2D eigenvalue weighted by molar-refractivity contribution is 7.07. The van der Waals surface area contributed by atoms with Gasteiger partial charge in [-0.15, -0.1) is 11.3 Å². The Bertz CT molecular complexity index is 903. The Morgan fingerprint density at radius 2 is 1.85 bits per heavy atom. The fourth-order valence-electron chi connectivity index (χ4n) is 2.90. The van der Waals surface area contributed by atoms with Gasteiger partial charge in [-0.25, -0.2) is 4.68 Å². The molecular formula is C19H26N4O3S. The number of aromatic hydroxyl groups is 3. The largest absolute Gasteiger partial charge is 0.504 e. The third-order valence-electron chi connectivity index (χ3n) is 4.53. The number of benzene rings is 1. The van der Waals surface area contributed by atoms with Crippen molar-refractivity contribution in [2.75, 3.05) is 13.1 Å². The average Bonchev–Trinajstić information content (AvgIpc) is 3.03. The standard InChI is InChI=1S/C19H26N4O3S/c1-19(2,3)15-11-27-18(22-13-6-8-20-9-7-13)23(15)21-10-12-4-5-14(24)17(26)16(12)25/h4-5,10-11,13,20,24-26H,6-9H2,1-3H3. The number of hydrogen-bond donors (Lipinski definition) is 4.